The van der Waals surface area contributed by atoms with E-state index in [2.05, 4.69) is 10.1 Å². The lowest BCUT2D eigenvalue weighted by Crippen LogP contribution is -2.15. The molecule has 1 aromatic heterocycles. The Morgan fingerprint density at radius 2 is 1.89 bits per heavy atom. The van der Waals surface area contributed by atoms with Crippen LogP contribution in [0.4, 0.5) is 4.39 Å². The first-order valence-electron chi connectivity index (χ1n) is 8.65. The van der Waals surface area contributed by atoms with Crippen LogP contribution in [0.3, 0.4) is 0 Å². The van der Waals surface area contributed by atoms with Crippen LogP contribution in [0.25, 0.3) is 11.3 Å². The Hall–Kier alpha value is -2.93. The van der Waals surface area contributed by atoms with Gasteiger partial charge in [0.15, 0.2) is 11.5 Å². The van der Waals surface area contributed by atoms with Crippen molar-refractivity contribution in [3.05, 3.63) is 64.0 Å². The number of benzene rings is 2. The molecule has 3 aromatic rings. The van der Waals surface area contributed by atoms with E-state index in [0.29, 0.717) is 19.8 Å². The first kappa shape index (κ1) is 17.5. The predicted octanol–water partition coefficient (Wildman–Crippen LogP) is 3.93. The number of nitrogens with zero attached hydrogens (tertiary/aromatic N) is 3. The zero-order valence-electron chi connectivity index (χ0n) is 14.8. The Balaban J connectivity index is 1.72. The molecule has 1 aliphatic rings. The molecule has 4 rings (SSSR count). The van der Waals surface area contributed by atoms with E-state index in [-0.39, 0.29) is 5.82 Å². The highest BCUT2D eigenvalue weighted by molar-refractivity contribution is 7.07. The first-order chi connectivity index (χ1) is 13.2. The van der Waals surface area contributed by atoms with Crippen LogP contribution < -0.4 is 14.3 Å². The van der Waals surface area contributed by atoms with Crippen LogP contribution in [-0.2, 0) is 0 Å². The molecule has 1 aliphatic heterocycles. The average molecular weight is 383 g/mol. The van der Waals surface area contributed by atoms with E-state index in [1.165, 1.54) is 23.5 Å². The molecule has 2 aromatic carbocycles. The van der Waals surface area contributed by atoms with Gasteiger partial charge in [0.2, 0.25) is 4.80 Å². The first-order valence-corrected chi connectivity index (χ1v) is 9.53. The summed E-state index contributed by atoms with van der Waals surface area (Å²) in [6.07, 6.45) is 1.76. The van der Waals surface area contributed by atoms with E-state index in [1.54, 1.807) is 23.0 Å². The standard InChI is InChI=1S/C20H18FN3O2S/c1-2-22-20-24(17(13-27-20)15-4-6-16(21)7-5-15)23-12-14-3-8-18-19(11-14)26-10-9-25-18/h3-8,11-13H,2,9-10H2,1H3. The Labute approximate surface area is 160 Å². The van der Waals surface area contributed by atoms with Crippen LogP contribution >= 0.6 is 11.3 Å². The van der Waals surface area contributed by atoms with Crippen LogP contribution in [0.2, 0.25) is 0 Å². The van der Waals surface area contributed by atoms with E-state index in [1.807, 2.05) is 30.5 Å². The second kappa shape index (κ2) is 7.75. The predicted molar refractivity (Wildman–Crippen MR) is 104 cm³/mol. The smallest absolute Gasteiger partial charge is 0.206 e. The fraction of sp³-hybridized carbons (Fsp3) is 0.200. The van der Waals surface area contributed by atoms with Gasteiger partial charge in [-0.3, -0.25) is 4.99 Å². The monoisotopic (exact) mass is 383 g/mol. The van der Waals surface area contributed by atoms with Crippen molar-refractivity contribution >= 4 is 17.6 Å². The van der Waals surface area contributed by atoms with E-state index < -0.39 is 0 Å². The minimum absolute atomic E-state index is 0.265. The zero-order valence-corrected chi connectivity index (χ0v) is 15.6. The highest BCUT2D eigenvalue weighted by Crippen LogP contribution is 2.30. The summed E-state index contributed by atoms with van der Waals surface area (Å²) < 4.78 is 26.2. The summed E-state index contributed by atoms with van der Waals surface area (Å²) in [5.41, 5.74) is 2.64. The number of hydrogen-bond donors (Lipinski definition) is 0. The Kier molecular flexibility index (Phi) is 5.02. The Morgan fingerprint density at radius 3 is 2.67 bits per heavy atom. The van der Waals surface area contributed by atoms with Crippen molar-refractivity contribution in [3.63, 3.8) is 0 Å². The molecule has 5 nitrogen and oxygen atoms in total. The van der Waals surface area contributed by atoms with Gasteiger partial charge >= 0.3 is 0 Å². The fourth-order valence-electron chi connectivity index (χ4n) is 2.74. The van der Waals surface area contributed by atoms with Crippen molar-refractivity contribution in [2.75, 3.05) is 19.8 Å². The van der Waals surface area contributed by atoms with Gasteiger partial charge in [-0.25, -0.2) is 9.07 Å². The minimum Gasteiger partial charge on any atom is -0.486 e. The molecule has 0 radical (unpaired) electrons. The Bertz CT molecular complexity index is 1040. The SMILES string of the molecule is CCN=c1scc(-c2ccc(F)cc2)n1N=Cc1ccc2c(c1)OCCO2. The summed E-state index contributed by atoms with van der Waals surface area (Å²) in [5.74, 6) is 1.20. The van der Waals surface area contributed by atoms with Crippen molar-refractivity contribution in [1.82, 2.24) is 4.68 Å². The second-order valence-electron chi connectivity index (χ2n) is 5.84. The van der Waals surface area contributed by atoms with Crippen molar-refractivity contribution in [1.29, 1.82) is 0 Å². The number of fused-ring (bicyclic) bond motifs is 1. The van der Waals surface area contributed by atoms with E-state index in [0.717, 1.165) is 33.1 Å². The molecule has 2 heterocycles. The molecular formula is C20H18FN3O2S. The summed E-state index contributed by atoms with van der Waals surface area (Å²) in [6, 6.07) is 12.1. The molecule has 0 N–H and O–H groups in total. The minimum atomic E-state index is -0.265. The lowest BCUT2D eigenvalue weighted by molar-refractivity contribution is 0.171. The van der Waals surface area contributed by atoms with E-state index in [9.17, 15) is 4.39 Å². The molecule has 0 saturated heterocycles. The van der Waals surface area contributed by atoms with Gasteiger partial charge in [-0.2, -0.15) is 5.10 Å². The average Bonchev–Trinajstić information content (AvgIpc) is 3.09. The number of ether oxygens (including phenoxy) is 2. The zero-order chi connectivity index (χ0) is 18.6. The molecule has 0 aliphatic carbocycles. The van der Waals surface area contributed by atoms with Crippen molar-refractivity contribution in [2.45, 2.75) is 6.92 Å². The number of aromatic nitrogens is 1. The molecule has 0 atom stereocenters. The number of hydrogen-bond acceptors (Lipinski definition) is 5. The van der Waals surface area contributed by atoms with Crippen molar-refractivity contribution in [3.8, 4) is 22.8 Å². The molecular weight excluding hydrogens is 365 g/mol. The fourth-order valence-corrected chi connectivity index (χ4v) is 3.64. The summed E-state index contributed by atoms with van der Waals surface area (Å²) in [6.45, 7) is 3.74. The molecule has 27 heavy (non-hydrogen) atoms. The largest absolute Gasteiger partial charge is 0.486 e. The number of thiazole rings is 1. The van der Waals surface area contributed by atoms with Crippen LogP contribution in [0.5, 0.6) is 11.5 Å². The van der Waals surface area contributed by atoms with Gasteiger partial charge in [0.1, 0.15) is 19.0 Å². The third-order valence-electron chi connectivity index (χ3n) is 4.01. The van der Waals surface area contributed by atoms with Crippen molar-refractivity contribution < 1.29 is 13.9 Å². The molecule has 7 heteroatoms. The van der Waals surface area contributed by atoms with Gasteiger partial charge < -0.3 is 9.47 Å². The maximum atomic E-state index is 13.3. The number of halogens is 1. The third kappa shape index (κ3) is 3.78. The van der Waals surface area contributed by atoms with Gasteiger partial charge in [-0.05, 0) is 55.0 Å². The highest BCUT2D eigenvalue weighted by Gasteiger charge is 2.11. The normalized spacial score (nSPS) is 14.1. The quantitative estimate of drug-likeness (QED) is 0.641. The van der Waals surface area contributed by atoms with Gasteiger partial charge in [-0.15, -0.1) is 11.3 Å². The summed E-state index contributed by atoms with van der Waals surface area (Å²) >= 11 is 1.50. The van der Waals surface area contributed by atoms with Crippen LogP contribution in [0, 0.1) is 5.82 Å². The maximum Gasteiger partial charge on any atom is 0.206 e. The van der Waals surface area contributed by atoms with Gasteiger partial charge in [0, 0.05) is 17.5 Å². The van der Waals surface area contributed by atoms with Crippen molar-refractivity contribution in [2.24, 2.45) is 10.1 Å². The molecule has 0 unspecified atom stereocenters. The molecule has 0 bridgehead atoms. The van der Waals surface area contributed by atoms with Crippen LogP contribution in [0.15, 0.2) is 57.9 Å². The number of rotatable bonds is 4. The lowest BCUT2D eigenvalue weighted by atomic mass is 10.2. The van der Waals surface area contributed by atoms with Crippen LogP contribution in [-0.4, -0.2) is 30.6 Å². The van der Waals surface area contributed by atoms with E-state index >= 15 is 0 Å². The summed E-state index contributed by atoms with van der Waals surface area (Å²) in [5, 5.41) is 6.60. The molecule has 0 saturated carbocycles. The van der Waals surface area contributed by atoms with E-state index in [4.69, 9.17) is 9.47 Å². The maximum absolute atomic E-state index is 13.3. The lowest BCUT2D eigenvalue weighted by Gasteiger charge is -2.18. The molecule has 0 spiro atoms. The molecule has 138 valence electrons. The van der Waals surface area contributed by atoms with Gasteiger partial charge in [0.25, 0.3) is 0 Å². The van der Waals surface area contributed by atoms with Gasteiger partial charge in [0.05, 0.1) is 11.9 Å². The second-order valence-corrected chi connectivity index (χ2v) is 6.68. The molecule has 0 fully saturated rings. The van der Waals surface area contributed by atoms with Gasteiger partial charge in [-0.1, -0.05) is 0 Å². The summed E-state index contributed by atoms with van der Waals surface area (Å²) in [4.78, 5) is 5.28. The third-order valence-corrected chi connectivity index (χ3v) is 4.86. The summed E-state index contributed by atoms with van der Waals surface area (Å²) in [7, 11) is 0. The Morgan fingerprint density at radius 1 is 1.11 bits per heavy atom. The molecule has 0 amide bonds. The highest BCUT2D eigenvalue weighted by atomic mass is 32.1. The van der Waals surface area contributed by atoms with Crippen LogP contribution in [0.1, 0.15) is 12.5 Å². The topological polar surface area (TPSA) is 48.1 Å².